The van der Waals surface area contributed by atoms with Gasteiger partial charge < -0.3 is 4.74 Å². The van der Waals surface area contributed by atoms with Crippen LogP contribution in [0.3, 0.4) is 0 Å². The average molecular weight is 244 g/mol. The van der Waals surface area contributed by atoms with Gasteiger partial charge in [0.15, 0.2) is 0 Å². The topological polar surface area (TPSA) is 63.0 Å². The first-order valence-corrected chi connectivity index (χ1v) is 4.44. The Hall–Kier alpha value is -2.10. The fourth-order valence-electron chi connectivity index (χ4n) is 1.15. The molecule has 1 heterocycles. The van der Waals surface area contributed by atoms with Gasteiger partial charge in [0.1, 0.15) is 23.1 Å². The summed E-state index contributed by atoms with van der Waals surface area (Å²) >= 11 is 0. The van der Waals surface area contributed by atoms with Crippen LogP contribution >= 0.6 is 0 Å². The zero-order valence-corrected chi connectivity index (χ0v) is 8.71. The predicted octanol–water partition coefficient (Wildman–Crippen LogP) is 1.75. The summed E-state index contributed by atoms with van der Waals surface area (Å²) < 4.78 is 42.3. The lowest BCUT2D eigenvalue weighted by atomic mass is 10.1. The van der Waals surface area contributed by atoms with E-state index in [1.54, 1.807) is 0 Å². The summed E-state index contributed by atoms with van der Waals surface area (Å²) in [5.74, 6) is -1.92. The summed E-state index contributed by atoms with van der Waals surface area (Å²) in [6.07, 6.45) is -3.51. The molecule has 17 heavy (non-hydrogen) atoms. The molecule has 0 radical (unpaired) electrons. The molecular weight excluding hydrogens is 237 g/mol. The minimum absolute atomic E-state index is 0.352. The van der Waals surface area contributed by atoms with Crippen molar-refractivity contribution < 1.29 is 22.7 Å². The third kappa shape index (κ3) is 2.93. The molecule has 7 heteroatoms. The van der Waals surface area contributed by atoms with E-state index in [-0.39, 0.29) is 5.69 Å². The molecule has 1 aromatic rings. The SMILES string of the molecule is COC(=O)Cc1nc(C(F)F)cc(F)c1C#N. The lowest BCUT2D eigenvalue weighted by Gasteiger charge is -2.06. The second-order valence-electron chi connectivity index (χ2n) is 3.02. The number of ether oxygens (including phenoxy) is 1. The number of hydrogen-bond acceptors (Lipinski definition) is 4. The monoisotopic (exact) mass is 244 g/mol. The summed E-state index contributed by atoms with van der Waals surface area (Å²) in [5.41, 5.74) is -1.70. The molecule has 1 rings (SSSR count). The number of halogens is 3. The first-order chi connectivity index (χ1) is 7.99. The highest BCUT2D eigenvalue weighted by Gasteiger charge is 2.19. The van der Waals surface area contributed by atoms with E-state index in [2.05, 4.69) is 9.72 Å². The molecule has 0 unspecified atom stereocenters. The van der Waals surface area contributed by atoms with Crippen LogP contribution in [0.2, 0.25) is 0 Å². The molecule has 0 amide bonds. The number of aromatic nitrogens is 1. The van der Waals surface area contributed by atoms with Crippen LogP contribution in [-0.2, 0) is 16.0 Å². The molecule has 0 fully saturated rings. The fourth-order valence-corrected chi connectivity index (χ4v) is 1.15. The minimum atomic E-state index is -2.98. The average Bonchev–Trinajstić information content (AvgIpc) is 2.28. The largest absolute Gasteiger partial charge is 0.469 e. The number of nitriles is 1. The quantitative estimate of drug-likeness (QED) is 0.760. The smallest absolute Gasteiger partial charge is 0.311 e. The second-order valence-corrected chi connectivity index (χ2v) is 3.02. The maximum atomic E-state index is 13.3. The fraction of sp³-hybridized carbons (Fsp3) is 0.300. The van der Waals surface area contributed by atoms with Gasteiger partial charge in [-0.1, -0.05) is 0 Å². The Morgan fingerprint density at radius 2 is 2.29 bits per heavy atom. The number of nitrogens with zero attached hydrogens (tertiary/aromatic N) is 2. The lowest BCUT2D eigenvalue weighted by molar-refractivity contribution is -0.139. The maximum absolute atomic E-state index is 13.3. The molecule has 0 aliphatic carbocycles. The Kier molecular flexibility index (Phi) is 4.04. The van der Waals surface area contributed by atoms with Gasteiger partial charge in [0.25, 0.3) is 6.43 Å². The van der Waals surface area contributed by atoms with Crippen LogP contribution in [0.15, 0.2) is 6.07 Å². The van der Waals surface area contributed by atoms with Crippen molar-refractivity contribution >= 4 is 5.97 Å². The summed E-state index contributed by atoms with van der Waals surface area (Å²) in [5, 5.41) is 8.64. The number of hydrogen-bond donors (Lipinski definition) is 0. The zero-order chi connectivity index (χ0) is 13.0. The minimum Gasteiger partial charge on any atom is -0.469 e. The number of alkyl halides is 2. The van der Waals surface area contributed by atoms with Crippen molar-refractivity contribution in [2.45, 2.75) is 12.8 Å². The van der Waals surface area contributed by atoms with Gasteiger partial charge in [-0.2, -0.15) is 5.26 Å². The van der Waals surface area contributed by atoms with Crippen molar-refractivity contribution in [1.82, 2.24) is 4.98 Å². The van der Waals surface area contributed by atoms with Crippen molar-refractivity contribution in [3.8, 4) is 6.07 Å². The van der Waals surface area contributed by atoms with Crippen molar-refractivity contribution in [3.63, 3.8) is 0 Å². The highest BCUT2D eigenvalue weighted by molar-refractivity contribution is 5.72. The Morgan fingerprint density at radius 1 is 1.65 bits per heavy atom. The van der Waals surface area contributed by atoms with Crippen LogP contribution < -0.4 is 0 Å². The number of methoxy groups -OCH3 is 1. The summed E-state index contributed by atoms with van der Waals surface area (Å²) in [7, 11) is 1.09. The molecule has 0 saturated heterocycles. The van der Waals surface area contributed by atoms with Gasteiger partial charge in [-0.3, -0.25) is 4.79 Å². The van der Waals surface area contributed by atoms with Gasteiger partial charge in [-0.05, 0) is 0 Å². The van der Waals surface area contributed by atoms with E-state index in [9.17, 15) is 18.0 Å². The Morgan fingerprint density at radius 3 is 2.76 bits per heavy atom. The lowest BCUT2D eigenvalue weighted by Crippen LogP contribution is -2.11. The van der Waals surface area contributed by atoms with Gasteiger partial charge >= 0.3 is 5.97 Å². The molecule has 0 saturated carbocycles. The second kappa shape index (κ2) is 5.30. The molecule has 0 N–H and O–H groups in total. The number of rotatable bonds is 3. The maximum Gasteiger partial charge on any atom is 0.311 e. The van der Waals surface area contributed by atoms with Gasteiger partial charge in [0.05, 0.1) is 19.2 Å². The van der Waals surface area contributed by atoms with Gasteiger partial charge in [-0.25, -0.2) is 18.2 Å². The Bertz CT molecular complexity index is 483. The summed E-state index contributed by atoms with van der Waals surface area (Å²) in [4.78, 5) is 14.3. The number of esters is 1. The zero-order valence-electron chi connectivity index (χ0n) is 8.71. The third-order valence-corrected chi connectivity index (χ3v) is 1.94. The molecule has 0 aliphatic heterocycles. The van der Waals surface area contributed by atoms with Crippen LogP contribution in [0, 0.1) is 17.1 Å². The van der Waals surface area contributed by atoms with E-state index >= 15 is 0 Å². The molecule has 90 valence electrons. The normalized spacial score (nSPS) is 10.1. The number of pyridine rings is 1. The van der Waals surface area contributed by atoms with Gasteiger partial charge in [-0.15, -0.1) is 0 Å². The van der Waals surface area contributed by atoms with E-state index in [1.807, 2.05) is 0 Å². The van der Waals surface area contributed by atoms with Crippen molar-refractivity contribution in [1.29, 1.82) is 5.26 Å². The van der Waals surface area contributed by atoms with E-state index < -0.39 is 35.9 Å². The van der Waals surface area contributed by atoms with E-state index in [1.165, 1.54) is 6.07 Å². The molecule has 0 aliphatic rings. The highest BCUT2D eigenvalue weighted by Crippen LogP contribution is 2.21. The predicted molar refractivity (Wildman–Crippen MR) is 49.6 cm³/mol. The molecule has 1 aromatic heterocycles. The Balaban J connectivity index is 3.25. The highest BCUT2D eigenvalue weighted by atomic mass is 19.3. The first kappa shape index (κ1) is 13.0. The van der Waals surface area contributed by atoms with E-state index in [0.29, 0.717) is 6.07 Å². The number of carbonyl (C=O) groups is 1. The standard InChI is InChI=1S/C10H7F3N2O2/c1-17-9(16)3-7-5(4-14)6(11)2-8(15-7)10(12)13/h2,10H,3H2,1H3. The van der Waals surface area contributed by atoms with Gasteiger partial charge in [0, 0.05) is 6.07 Å². The van der Waals surface area contributed by atoms with Gasteiger partial charge in [0.2, 0.25) is 0 Å². The first-order valence-electron chi connectivity index (χ1n) is 4.44. The van der Waals surface area contributed by atoms with E-state index in [4.69, 9.17) is 5.26 Å². The van der Waals surface area contributed by atoms with Crippen molar-refractivity contribution in [2.24, 2.45) is 0 Å². The van der Waals surface area contributed by atoms with E-state index in [0.717, 1.165) is 7.11 Å². The van der Waals surface area contributed by atoms with Crippen molar-refractivity contribution in [2.75, 3.05) is 7.11 Å². The Labute approximate surface area is 94.6 Å². The summed E-state index contributed by atoms with van der Waals surface area (Å²) in [6.45, 7) is 0. The van der Waals surface area contributed by atoms with Crippen LogP contribution in [0.1, 0.15) is 23.4 Å². The molecular formula is C10H7F3N2O2. The third-order valence-electron chi connectivity index (χ3n) is 1.94. The van der Waals surface area contributed by atoms with Crippen LogP contribution in [0.5, 0.6) is 0 Å². The summed E-state index contributed by atoms with van der Waals surface area (Å²) in [6, 6.07) is 1.95. The molecule has 0 spiro atoms. The number of carbonyl (C=O) groups excluding carboxylic acids is 1. The van der Waals surface area contributed by atoms with Crippen LogP contribution in [-0.4, -0.2) is 18.1 Å². The molecule has 0 bridgehead atoms. The van der Waals surface area contributed by atoms with Crippen LogP contribution in [0.4, 0.5) is 13.2 Å². The molecule has 0 atom stereocenters. The van der Waals surface area contributed by atoms with Crippen LogP contribution in [0.25, 0.3) is 0 Å². The molecule has 0 aromatic carbocycles. The molecule has 4 nitrogen and oxygen atoms in total. The van der Waals surface area contributed by atoms with Crippen molar-refractivity contribution in [3.05, 3.63) is 28.8 Å².